The van der Waals surface area contributed by atoms with E-state index in [9.17, 15) is 9.59 Å². The summed E-state index contributed by atoms with van der Waals surface area (Å²) in [6, 6.07) is 0. The van der Waals surface area contributed by atoms with Crippen LogP contribution >= 0.6 is 11.8 Å². The van der Waals surface area contributed by atoms with E-state index in [-0.39, 0.29) is 17.9 Å². The molecule has 1 heterocycles. The van der Waals surface area contributed by atoms with E-state index < -0.39 is 0 Å². The lowest BCUT2D eigenvalue weighted by molar-refractivity contribution is -0.139. The number of hydrogen-bond acceptors (Lipinski definition) is 5. The number of esters is 1. The van der Waals surface area contributed by atoms with Gasteiger partial charge in [0.15, 0.2) is 5.16 Å². The maximum Gasteiger partial charge on any atom is 0.309 e. The van der Waals surface area contributed by atoms with Crippen LogP contribution in [0.1, 0.15) is 12.0 Å². The quantitative estimate of drug-likeness (QED) is 0.484. The highest BCUT2D eigenvalue weighted by Crippen LogP contribution is 2.05. The first-order valence-electron chi connectivity index (χ1n) is 4.54. The topological polar surface area (TPSA) is 72.0 Å². The zero-order valence-corrected chi connectivity index (χ0v) is 9.84. The number of aromatic nitrogens is 2. The first-order valence-corrected chi connectivity index (χ1v) is 5.76. The number of nitrogens with zero attached hydrogens (tertiary/aromatic N) is 1. The van der Waals surface area contributed by atoms with Gasteiger partial charge in [-0.3, -0.25) is 9.59 Å². The van der Waals surface area contributed by atoms with Crippen LogP contribution in [0, 0.1) is 0 Å². The second kappa shape index (κ2) is 6.12. The molecule has 6 heteroatoms. The molecule has 0 atom stereocenters. The van der Waals surface area contributed by atoms with Crippen molar-refractivity contribution in [2.24, 2.45) is 0 Å². The Bertz CT molecular complexity index is 454. The molecule has 0 aliphatic heterocycles. The Morgan fingerprint density at radius 1 is 1.69 bits per heavy atom. The minimum Gasteiger partial charge on any atom is -0.469 e. The molecule has 1 N–H and O–H groups in total. The zero-order valence-electron chi connectivity index (χ0n) is 9.02. The van der Waals surface area contributed by atoms with E-state index in [1.807, 2.05) is 6.26 Å². The second-order valence-corrected chi connectivity index (χ2v) is 3.65. The molecular weight excluding hydrogens is 228 g/mol. The number of methoxy groups -OCH3 is 1. The number of rotatable bonds is 4. The summed E-state index contributed by atoms with van der Waals surface area (Å²) in [4.78, 5) is 28.9. The van der Waals surface area contributed by atoms with E-state index in [0.29, 0.717) is 10.7 Å². The maximum absolute atomic E-state index is 11.5. The van der Waals surface area contributed by atoms with Gasteiger partial charge in [-0.2, -0.15) is 0 Å². The molecule has 0 aliphatic rings. The largest absolute Gasteiger partial charge is 0.469 e. The summed E-state index contributed by atoms with van der Waals surface area (Å²) >= 11 is 1.36. The van der Waals surface area contributed by atoms with Crippen LogP contribution in [0.3, 0.4) is 0 Å². The predicted octanol–water partition coefficient (Wildman–Crippen LogP) is 1.07. The molecule has 0 bridgehead atoms. The number of nitrogens with one attached hydrogen (secondary N) is 1. The molecule has 5 nitrogen and oxygen atoms in total. The summed E-state index contributed by atoms with van der Waals surface area (Å²) < 4.78 is 4.46. The molecule has 16 heavy (non-hydrogen) atoms. The fourth-order valence-electron chi connectivity index (χ4n) is 0.976. The molecule has 0 aromatic carbocycles. The van der Waals surface area contributed by atoms with Gasteiger partial charge in [0.25, 0.3) is 5.56 Å². The maximum atomic E-state index is 11.5. The first-order chi connectivity index (χ1) is 7.67. The highest BCUT2D eigenvalue weighted by Gasteiger charge is 1.99. The lowest BCUT2D eigenvalue weighted by atomic mass is 10.3. The third-order valence-corrected chi connectivity index (χ3v) is 2.40. The molecule has 1 aromatic rings. The van der Waals surface area contributed by atoms with Crippen LogP contribution in [0.2, 0.25) is 0 Å². The van der Waals surface area contributed by atoms with E-state index >= 15 is 0 Å². The van der Waals surface area contributed by atoms with Gasteiger partial charge in [-0.05, 0) is 6.26 Å². The lowest BCUT2D eigenvalue weighted by Gasteiger charge is -1.96. The number of hydrogen-bond donors (Lipinski definition) is 1. The number of aromatic amines is 1. The fraction of sp³-hybridized carbons (Fsp3) is 0.300. The molecule has 0 amide bonds. The number of thioether (sulfide) groups is 1. The summed E-state index contributed by atoms with van der Waals surface area (Å²) in [6.45, 7) is 0. The Balaban J connectivity index is 2.75. The van der Waals surface area contributed by atoms with E-state index in [4.69, 9.17) is 0 Å². The summed E-state index contributed by atoms with van der Waals surface area (Å²) in [7, 11) is 1.32. The van der Waals surface area contributed by atoms with Crippen molar-refractivity contribution in [3.05, 3.63) is 28.2 Å². The van der Waals surface area contributed by atoms with E-state index in [1.165, 1.54) is 25.1 Å². The van der Waals surface area contributed by atoms with Gasteiger partial charge in [0, 0.05) is 6.20 Å². The van der Waals surface area contributed by atoms with Crippen molar-refractivity contribution >= 4 is 23.8 Å². The minimum atomic E-state index is -0.346. The lowest BCUT2D eigenvalue weighted by Crippen LogP contribution is -2.11. The van der Waals surface area contributed by atoms with Gasteiger partial charge in [-0.15, -0.1) is 0 Å². The van der Waals surface area contributed by atoms with Gasteiger partial charge in [-0.1, -0.05) is 23.9 Å². The Hall–Kier alpha value is -1.56. The van der Waals surface area contributed by atoms with Crippen LogP contribution in [-0.2, 0) is 9.53 Å². The Morgan fingerprint density at radius 2 is 2.44 bits per heavy atom. The number of H-pyrrole nitrogens is 1. The van der Waals surface area contributed by atoms with Gasteiger partial charge in [0.2, 0.25) is 0 Å². The molecule has 0 saturated heterocycles. The fourth-order valence-corrected chi connectivity index (χ4v) is 1.33. The zero-order chi connectivity index (χ0) is 12.0. The molecule has 0 fully saturated rings. The summed E-state index contributed by atoms with van der Waals surface area (Å²) in [5, 5.41) is 0.565. The van der Waals surface area contributed by atoms with Crippen molar-refractivity contribution in [1.29, 1.82) is 0 Å². The SMILES string of the molecule is COC(=O)CC=Cc1cnc(SC)[nH]c1=O. The Labute approximate surface area is 96.9 Å². The summed E-state index contributed by atoms with van der Waals surface area (Å²) in [6.07, 6.45) is 6.55. The molecule has 0 radical (unpaired) electrons. The summed E-state index contributed by atoms with van der Waals surface area (Å²) in [5.41, 5.74) is 0.196. The molecule has 1 aromatic heterocycles. The summed E-state index contributed by atoms with van der Waals surface area (Å²) in [5.74, 6) is -0.346. The molecule has 1 rings (SSSR count). The predicted molar refractivity (Wildman–Crippen MR) is 62.3 cm³/mol. The van der Waals surface area contributed by atoms with Gasteiger partial charge < -0.3 is 9.72 Å². The smallest absolute Gasteiger partial charge is 0.309 e. The van der Waals surface area contributed by atoms with E-state index in [2.05, 4.69) is 14.7 Å². The van der Waals surface area contributed by atoms with Crippen LogP contribution in [0.15, 0.2) is 22.2 Å². The van der Waals surface area contributed by atoms with Crippen LogP contribution in [-0.4, -0.2) is 29.3 Å². The van der Waals surface area contributed by atoms with Crippen molar-refractivity contribution < 1.29 is 9.53 Å². The van der Waals surface area contributed by atoms with Crippen LogP contribution in [0.25, 0.3) is 6.08 Å². The van der Waals surface area contributed by atoms with Crippen molar-refractivity contribution in [2.75, 3.05) is 13.4 Å². The average Bonchev–Trinajstić information content (AvgIpc) is 2.30. The number of carbonyl (C=O) groups excluding carboxylic acids is 1. The number of carbonyl (C=O) groups is 1. The Kier molecular flexibility index (Phi) is 4.78. The van der Waals surface area contributed by atoms with Crippen molar-refractivity contribution in [1.82, 2.24) is 9.97 Å². The normalized spacial score (nSPS) is 10.6. The van der Waals surface area contributed by atoms with Crippen LogP contribution < -0.4 is 5.56 Å². The third kappa shape index (κ3) is 3.54. The van der Waals surface area contributed by atoms with Crippen LogP contribution in [0.4, 0.5) is 0 Å². The van der Waals surface area contributed by atoms with Crippen molar-refractivity contribution in [2.45, 2.75) is 11.6 Å². The van der Waals surface area contributed by atoms with Crippen molar-refractivity contribution in [3.63, 3.8) is 0 Å². The number of ether oxygens (including phenoxy) is 1. The molecule has 86 valence electrons. The monoisotopic (exact) mass is 240 g/mol. The molecule has 0 aliphatic carbocycles. The first kappa shape index (κ1) is 12.5. The van der Waals surface area contributed by atoms with Crippen molar-refractivity contribution in [3.8, 4) is 0 Å². The molecule has 0 saturated carbocycles. The second-order valence-electron chi connectivity index (χ2n) is 2.86. The van der Waals surface area contributed by atoms with Gasteiger partial charge >= 0.3 is 5.97 Å². The van der Waals surface area contributed by atoms with E-state index in [0.717, 1.165) is 0 Å². The average molecular weight is 240 g/mol. The Morgan fingerprint density at radius 3 is 3.00 bits per heavy atom. The highest BCUT2D eigenvalue weighted by molar-refractivity contribution is 7.98. The molecular formula is C10H12N2O3S. The highest BCUT2D eigenvalue weighted by atomic mass is 32.2. The minimum absolute atomic E-state index is 0.139. The van der Waals surface area contributed by atoms with Gasteiger partial charge in [0.1, 0.15) is 0 Å². The van der Waals surface area contributed by atoms with Gasteiger partial charge in [-0.25, -0.2) is 4.98 Å². The molecule has 0 spiro atoms. The third-order valence-electron chi connectivity index (χ3n) is 1.81. The molecule has 0 unspecified atom stereocenters. The van der Waals surface area contributed by atoms with E-state index in [1.54, 1.807) is 12.2 Å². The van der Waals surface area contributed by atoms with Crippen LogP contribution in [0.5, 0.6) is 0 Å². The van der Waals surface area contributed by atoms with Gasteiger partial charge in [0.05, 0.1) is 19.1 Å². The standard InChI is InChI=1S/C10H12N2O3S/c1-15-8(13)5-3-4-7-6-11-10(16-2)12-9(7)14/h3-4,6H,5H2,1-2H3,(H,11,12,14).